The Labute approximate surface area is 86.7 Å². The Bertz CT molecular complexity index is 253. The van der Waals surface area contributed by atoms with Gasteiger partial charge in [-0.25, -0.2) is 0 Å². The number of phenolic OH excluding ortho intramolecular Hbond substituents is 2. The molecule has 0 heterocycles. The predicted octanol–water partition coefficient (Wildman–Crippen LogP) is 0.596. The first-order chi connectivity index (χ1) is 5.24. The molecule has 0 saturated carbocycles. The van der Waals surface area contributed by atoms with Crippen LogP contribution in [-0.2, 0) is 28.8 Å². The van der Waals surface area contributed by atoms with E-state index in [4.69, 9.17) is 15.9 Å². The smallest absolute Gasteiger partial charge is 0.157 e. The summed E-state index contributed by atoms with van der Waals surface area (Å²) in [5.41, 5.74) is 6.24. The van der Waals surface area contributed by atoms with Crippen LogP contribution in [-0.4, -0.2) is 16.8 Å². The Kier molecular flexibility index (Phi) is 5.01. The number of hydrogen-bond donors (Lipinski definition) is 3. The second-order valence-electron chi connectivity index (χ2n) is 2.36. The Balaban J connectivity index is 0.00000121. The van der Waals surface area contributed by atoms with E-state index in [1.165, 1.54) is 12.1 Å². The minimum Gasteiger partial charge on any atom is -0.504 e. The van der Waals surface area contributed by atoms with Crippen molar-refractivity contribution in [2.24, 2.45) is 5.73 Å². The normalized spacial score (nSPS) is 9.08. The van der Waals surface area contributed by atoms with Crippen LogP contribution in [0.5, 0.6) is 11.5 Å². The Morgan fingerprint density at radius 3 is 2.33 bits per heavy atom. The third-order valence-corrected chi connectivity index (χ3v) is 1.47. The maximum absolute atomic E-state index is 9.04. The van der Waals surface area contributed by atoms with E-state index < -0.39 is 0 Å². The van der Waals surface area contributed by atoms with Crippen molar-refractivity contribution in [1.29, 1.82) is 0 Å². The molecule has 0 atom stereocenters. The van der Waals surface area contributed by atoms with Crippen LogP contribution in [0.1, 0.15) is 5.56 Å². The standard InChI is InChI=1S/C8H11NO2.Nb/c9-4-3-6-1-2-7(10)8(11)5-6;/h1-2,5,10-11H,3-4,9H2;. The van der Waals surface area contributed by atoms with Crippen molar-refractivity contribution in [2.45, 2.75) is 6.42 Å². The first-order valence-corrected chi connectivity index (χ1v) is 3.45. The van der Waals surface area contributed by atoms with Crippen molar-refractivity contribution in [2.75, 3.05) is 6.54 Å². The molecule has 3 nitrogen and oxygen atoms in total. The van der Waals surface area contributed by atoms with Crippen LogP contribution in [0.4, 0.5) is 0 Å². The van der Waals surface area contributed by atoms with E-state index in [2.05, 4.69) is 0 Å². The summed E-state index contributed by atoms with van der Waals surface area (Å²) in [4.78, 5) is 0. The van der Waals surface area contributed by atoms with Crippen molar-refractivity contribution in [3.63, 3.8) is 0 Å². The fraction of sp³-hybridized carbons (Fsp3) is 0.250. The predicted molar refractivity (Wildman–Crippen MR) is 42.5 cm³/mol. The summed E-state index contributed by atoms with van der Waals surface area (Å²) in [6.07, 6.45) is 0.716. The summed E-state index contributed by atoms with van der Waals surface area (Å²) >= 11 is 0. The second kappa shape index (κ2) is 5.22. The van der Waals surface area contributed by atoms with Crippen LogP contribution < -0.4 is 5.73 Å². The van der Waals surface area contributed by atoms with Crippen LogP contribution in [0.3, 0.4) is 0 Å². The Morgan fingerprint density at radius 2 is 1.83 bits per heavy atom. The van der Waals surface area contributed by atoms with E-state index in [9.17, 15) is 0 Å². The van der Waals surface area contributed by atoms with Gasteiger partial charge in [0.2, 0.25) is 0 Å². The minimum atomic E-state index is -0.0919. The molecule has 0 unspecified atom stereocenters. The molecule has 12 heavy (non-hydrogen) atoms. The third-order valence-electron chi connectivity index (χ3n) is 1.47. The maximum Gasteiger partial charge on any atom is 0.157 e. The summed E-state index contributed by atoms with van der Waals surface area (Å²) in [5.74, 6) is -0.179. The zero-order valence-corrected chi connectivity index (χ0v) is 8.76. The molecule has 0 fully saturated rings. The van der Waals surface area contributed by atoms with E-state index in [-0.39, 0.29) is 33.9 Å². The number of aromatic hydroxyl groups is 2. The van der Waals surface area contributed by atoms with Crippen LogP contribution >= 0.6 is 0 Å². The molecule has 0 aromatic heterocycles. The molecule has 0 aliphatic heterocycles. The van der Waals surface area contributed by atoms with Gasteiger partial charge in [-0.05, 0) is 30.7 Å². The van der Waals surface area contributed by atoms with Crippen LogP contribution in [0, 0.1) is 0 Å². The van der Waals surface area contributed by atoms with Crippen molar-refractivity contribution >= 4 is 0 Å². The summed E-state index contributed by atoms with van der Waals surface area (Å²) in [6, 6.07) is 4.71. The van der Waals surface area contributed by atoms with E-state index in [0.717, 1.165) is 5.56 Å². The average Bonchev–Trinajstić information content (AvgIpc) is 1.98. The number of phenols is 2. The van der Waals surface area contributed by atoms with Gasteiger partial charge < -0.3 is 15.9 Å². The maximum atomic E-state index is 9.04. The molecule has 0 amide bonds. The SMILES string of the molecule is NCCc1ccc(O)c(O)c1.[Nb]. The van der Waals surface area contributed by atoms with Gasteiger partial charge in [-0.15, -0.1) is 0 Å². The summed E-state index contributed by atoms with van der Waals surface area (Å²) in [5, 5.41) is 18.0. The largest absolute Gasteiger partial charge is 0.504 e. The first kappa shape index (κ1) is 11.5. The Morgan fingerprint density at radius 1 is 1.17 bits per heavy atom. The summed E-state index contributed by atoms with van der Waals surface area (Å²) < 4.78 is 0. The van der Waals surface area contributed by atoms with Crippen molar-refractivity contribution < 1.29 is 32.6 Å². The molecule has 1 aromatic carbocycles. The number of nitrogens with two attached hydrogens (primary N) is 1. The molecule has 4 heteroatoms. The third kappa shape index (κ3) is 2.87. The van der Waals surface area contributed by atoms with Crippen molar-refractivity contribution in [3.8, 4) is 11.5 Å². The molecule has 0 saturated heterocycles. The quantitative estimate of drug-likeness (QED) is 0.528. The molecule has 1 rings (SSSR count). The number of rotatable bonds is 2. The van der Waals surface area contributed by atoms with Crippen LogP contribution in [0.25, 0.3) is 0 Å². The van der Waals surface area contributed by atoms with Crippen molar-refractivity contribution in [3.05, 3.63) is 23.8 Å². The molecule has 0 bridgehead atoms. The molecule has 4 N–H and O–H groups in total. The minimum absolute atomic E-state index is 0. The van der Waals surface area contributed by atoms with Gasteiger partial charge in [0.1, 0.15) is 0 Å². The summed E-state index contributed by atoms with van der Waals surface area (Å²) in [6.45, 7) is 0.546. The fourth-order valence-electron chi connectivity index (χ4n) is 0.891. The zero-order valence-electron chi connectivity index (χ0n) is 6.57. The molecule has 1 radical (unpaired) electrons. The van der Waals surface area contributed by atoms with Gasteiger partial charge in [-0.2, -0.15) is 0 Å². The van der Waals surface area contributed by atoms with Crippen LogP contribution in [0.2, 0.25) is 0 Å². The first-order valence-electron chi connectivity index (χ1n) is 3.45. The average molecular weight is 246 g/mol. The Hall–Kier alpha value is -0.480. The monoisotopic (exact) mass is 246 g/mol. The van der Waals surface area contributed by atoms with E-state index in [1.54, 1.807) is 6.07 Å². The van der Waals surface area contributed by atoms with E-state index in [1.807, 2.05) is 0 Å². The molecule has 1 aromatic rings. The van der Waals surface area contributed by atoms with Gasteiger partial charge in [0.05, 0.1) is 0 Å². The van der Waals surface area contributed by atoms with Crippen molar-refractivity contribution in [1.82, 2.24) is 0 Å². The van der Waals surface area contributed by atoms with E-state index >= 15 is 0 Å². The van der Waals surface area contributed by atoms with Gasteiger partial charge in [-0.3, -0.25) is 0 Å². The zero-order chi connectivity index (χ0) is 8.27. The summed E-state index contributed by atoms with van der Waals surface area (Å²) in [7, 11) is 0. The number of hydrogen-bond acceptors (Lipinski definition) is 3. The van der Waals surface area contributed by atoms with Gasteiger partial charge in [0, 0.05) is 22.4 Å². The molecule has 65 valence electrons. The fourth-order valence-corrected chi connectivity index (χ4v) is 0.891. The van der Waals surface area contributed by atoms with Gasteiger partial charge >= 0.3 is 0 Å². The number of benzene rings is 1. The molecule has 0 aliphatic carbocycles. The molecular weight excluding hydrogens is 235 g/mol. The molecule has 0 spiro atoms. The van der Waals surface area contributed by atoms with E-state index in [0.29, 0.717) is 13.0 Å². The van der Waals surface area contributed by atoms with Gasteiger partial charge in [0.15, 0.2) is 11.5 Å². The molecular formula is C8H11NNbO2. The van der Waals surface area contributed by atoms with Crippen LogP contribution in [0.15, 0.2) is 18.2 Å². The molecule has 0 aliphatic rings. The second-order valence-corrected chi connectivity index (χ2v) is 2.36. The van der Waals surface area contributed by atoms with Gasteiger partial charge in [0.25, 0.3) is 0 Å². The topological polar surface area (TPSA) is 66.5 Å². The van der Waals surface area contributed by atoms with Gasteiger partial charge in [-0.1, -0.05) is 6.07 Å².